The molecule has 0 radical (unpaired) electrons. The SMILES string of the molecule is CC1CCC(NCc2cccc(OCC#N)c2)CC1. The van der Waals surface area contributed by atoms with Gasteiger partial charge in [-0.25, -0.2) is 0 Å². The van der Waals surface area contributed by atoms with Crippen molar-refractivity contribution in [1.29, 1.82) is 5.26 Å². The van der Waals surface area contributed by atoms with Gasteiger partial charge in [0.2, 0.25) is 0 Å². The van der Waals surface area contributed by atoms with Gasteiger partial charge in [-0.2, -0.15) is 5.26 Å². The summed E-state index contributed by atoms with van der Waals surface area (Å²) in [4.78, 5) is 0. The molecule has 0 bridgehead atoms. The van der Waals surface area contributed by atoms with E-state index < -0.39 is 0 Å². The highest BCUT2D eigenvalue weighted by atomic mass is 16.5. The largest absolute Gasteiger partial charge is 0.479 e. The van der Waals surface area contributed by atoms with E-state index in [9.17, 15) is 0 Å². The molecular weight excluding hydrogens is 236 g/mol. The van der Waals surface area contributed by atoms with Crippen LogP contribution in [0.2, 0.25) is 0 Å². The number of ether oxygens (including phenoxy) is 1. The molecule has 0 saturated heterocycles. The number of hydrogen-bond acceptors (Lipinski definition) is 3. The van der Waals surface area contributed by atoms with Gasteiger partial charge in [-0.3, -0.25) is 0 Å². The van der Waals surface area contributed by atoms with E-state index in [0.29, 0.717) is 6.04 Å². The first-order valence-electron chi connectivity index (χ1n) is 7.10. The van der Waals surface area contributed by atoms with Crippen molar-refractivity contribution in [3.05, 3.63) is 29.8 Å². The summed E-state index contributed by atoms with van der Waals surface area (Å²) < 4.78 is 5.31. The van der Waals surface area contributed by atoms with Crippen LogP contribution in [0, 0.1) is 17.2 Å². The molecule has 1 aliphatic rings. The second kappa shape index (κ2) is 7.16. The van der Waals surface area contributed by atoms with Crippen LogP contribution < -0.4 is 10.1 Å². The smallest absolute Gasteiger partial charge is 0.174 e. The zero-order valence-corrected chi connectivity index (χ0v) is 11.6. The maximum absolute atomic E-state index is 8.50. The van der Waals surface area contributed by atoms with E-state index >= 15 is 0 Å². The Hall–Kier alpha value is -1.53. The Morgan fingerprint density at radius 2 is 2.11 bits per heavy atom. The van der Waals surface area contributed by atoms with Crippen molar-refractivity contribution < 1.29 is 4.74 Å². The predicted octanol–water partition coefficient (Wildman–Crippen LogP) is 3.26. The Labute approximate surface area is 115 Å². The number of benzene rings is 1. The van der Waals surface area contributed by atoms with E-state index in [4.69, 9.17) is 10.00 Å². The first kappa shape index (κ1) is 13.9. The third-order valence-electron chi connectivity index (χ3n) is 3.81. The fourth-order valence-electron chi connectivity index (χ4n) is 2.59. The number of nitrogens with zero attached hydrogens (tertiary/aromatic N) is 1. The lowest BCUT2D eigenvalue weighted by Crippen LogP contribution is -2.32. The van der Waals surface area contributed by atoms with Gasteiger partial charge in [0.25, 0.3) is 0 Å². The van der Waals surface area contributed by atoms with Gasteiger partial charge >= 0.3 is 0 Å². The molecule has 0 spiro atoms. The maximum Gasteiger partial charge on any atom is 0.174 e. The third kappa shape index (κ3) is 4.57. The van der Waals surface area contributed by atoms with Crippen LogP contribution in [0.1, 0.15) is 38.2 Å². The second-order valence-corrected chi connectivity index (χ2v) is 5.43. The average molecular weight is 258 g/mol. The summed E-state index contributed by atoms with van der Waals surface area (Å²) in [7, 11) is 0. The molecule has 2 rings (SSSR count). The minimum absolute atomic E-state index is 0.109. The number of hydrogen-bond donors (Lipinski definition) is 1. The van der Waals surface area contributed by atoms with E-state index in [2.05, 4.69) is 18.3 Å². The lowest BCUT2D eigenvalue weighted by molar-refractivity contribution is 0.306. The molecule has 0 amide bonds. The van der Waals surface area contributed by atoms with Crippen LogP contribution in [0.4, 0.5) is 0 Å². The van der Waals surface area contributed by atoms with Gasteiger partial charge in [0.05, 0.1) is 0 Å². The highest BCUT2D eigenvalue weighted by molar-refractivity contribution is 5.28. The van der Waals surface area contributed by atoms with Crippen molar-refractivity contribution in [1.82, 2.24) is 5.32 Å². The van der Waals surface area contributed by atoms with Crippen LogP contribution in [0.5, 0.6) is 5.75 Å². The molecule has 3 heteroatoms. The summed E-state index contributed by atoms with van der Waals surface area (Å²) in [6, 6.07) is 10.6. The van der Waals surface area contributed by atoms with E-state index in [1.54, 1.807) is 0 Å². The van der Waals surface area contributed by atoms with E-state index in [-0.39, 0.29) is 6.61 Å². The normalized spacial score (nSPS) is 22.7. The molecule has 1 N–H and O–H groups in total. The molecule has 0 unspecified atom stereocenters. The van der Waals surface area contributed by atoms with Crippen LogP contribution >= 0.6 is 0 Å². The van der Waals surface area contributed by atoms with Gasteiger partial charge in [-0.15, -0.1) is 0 Å². The van der Waals surface area contributed by atoms with Crippen molar-refractivity contribution in [2.45, 2.75) is 45.2 Å². The van der Waals surface area contributed by atoms with Gasteiger partial charge in [-0.05, 0) is 49.3 Å². The Morgan fingerprint density at radius 1 is 1.32 bits per heavy atom. The van der Waals surface area contributed by atoms with E-state index in [1.165, 1.54) is 31.2 Å². The summed E-state index contributed by atoms with van der Waals surface area (Å²) in [5.74, 6) is 1.67. The highest BCUT2D eigenvalue weighted by Gasteiger charge is 2.17. The summed E-state index contributed by atoms with van der Waals surface area (Å²) in [5.41, 5.74) is 1.22. The summed E-state index contributed by atoms with van der Waals surface area (Å²) in [5, 5.41) is 12.1. The maximum atomic E-state index is 8.50. The lowest BCUT2D eigenvalue weighted by atomic mass is 9.87. The van der Waals surface area contributed by atoms with Crippen LogP contribution in [0.15, 0.2) is 24.3 Å². The summed E-state index contributed by atoms with van der Waals surface area (Å²) >= 11 is 0. The topological polar surface area (TPSA) is 45.0 Å². The molecule has 102 valence electrons. The molecular formula is C16H22N2O. The Balaban J connectivity index is 1.80. The lowest BCUT2D eigenvalue weighted by Gasteiger charge is -2.27. The zero-order chi connectivity index (χ0) is 13.5. The average Bonchev–Trinajstić information content (AvgIpc) is 2.45. The molecule has 3 nitrogen and oxygen atoms in total. The van der Waals surface area contributed by atoms with Gasteiger partial charge in [0.1, 0.15) is 11.8 Å². The summed E-state index contributed by atoms with van der Waals surface area (Å²) in [6.07, 6.45) is 5.24. The number of nitriles is 1. The van der Waals surface area contributed by atoms with E-state index in [1.807, 2.05) is 24.3 Å². The molecule has 1 aromatic carbocycles. The molecule has 1 aliphatic carbocycles. The van der Waals surface area contributed by atoms with Crippen LogP contribution in [0.25, 0.3) is 0 Å². The molecule has 1 fully saturated rings. The van der Waals surface area contributed by atoms with Gasteiger partial charge in [0.15, 0.2) is 6.61 Å². The van der Waals surface area contributed by atoms with Crippen LogP contribution in [-0.4, -0.2) is 12.6 Å². The Kier molecular flexibility index (Phi) is 5.23. The third-order valence-corrected chi connectivity index (χ3v) is 3.81. The molecule has 0 atom stereocenters. The number of rotatable bonds is 5. The van der Waals surface area contributed by atoms with Crippen molar-refractivity contribution in [2.24, 2.45) is 5.92 Å². The Bertz CT molecular complexity index is 431. The fraction of sp³-hybridized carbons (Fsp3) is 0.562. The van der Waals surface area contributed by atoms with Crippen molar-refractivity contribution in [3.8, 4) is 11.8 Å². The van der Waals surface area contributed by atoms with E-state index in [0.717, 1.165) is 18.2 Å². The first-order chi connectivity index (χ1) is 9.28. The fourth-order valence-corrected chi connectivity index (χ4v) is 2.59. The molecule has 1 saturated carbocycles. The first-order valence-corrected chi connectivity index (χ1v) is 7.10. The molecule has 0 aliphatic heterocycles. The minimum atomic E-state index is 0.109. The molecule has 1 aromatic rings. The van der Waals surface area contributed by atoms with Gasteiger partial charge in [-0.1, -0.05) is 19.1 Å². The standard InChI is InChI=1S/C16H22N2O/c1-13-5-7-15(8-6-13)18-12-14-3-2-4-16(11-14)19-10-9-17/h2-4,11,13,15,18H,5-8,10,12H2,1H3. The zero-order valence-electron chi connectivity index (χ0n) is 11.6. The van der Waals surface area contributed by atoms with Gasteiger partial charge < -0.3 is 10.1 Å². The monoisotopic (exact) mass is 258 g/mol. The molecule has 0 aromatic heterocycles. The van der Waals surface area contributed by atoms with Crippen molar-refractivity contribution >= 4 is 0 Å². The summed E-state index contributed by atoms with van der Waals surface area (Å²) in [6.45, 7) is 3.33. The molecule has 0 heterocycles. The van der Waals surface area contributed by atoms with Crippen LogP contribution in [-0.2, 0) is 6.54 Å². The highest BCUT2D eigenvalue weighted by Crippen LogP contribution is 2.23. The quantitative estimate of drug-likeness (QED) is 0.881. The predicted molar refractivity (Wildman–Crippen MR) is 75.8 cm³/mol. The minimum Gasteiger partial charge on any atom is -0.479 e. The van der Waals surface area contributed by atoms with Crippen LogP contribution in [0.3, 0.4) is 0 Å². The van der Waals surface area contributed by atoms with Crippen molar-refractivity contribution in [3.63, 3.8) is 0 Å². The Morgan fingerprint density at radius 3 is 2.84 bits per heavy atom. The number of nitrogens with one attached hydrogen (secondary N) is 1. The van der Waals surface area contributed by atoms with Gasteiger partial charge in [0, 0.05) is 12.6 Å². The van der Waals surface area contributed by atoms with Crippen molar-refractivity contribution in [2.75, 3.05) is 6.61 Å². The molecule has 19 heavy (non-hydrogen) atoms. The second-order valence-electron chi connectivity index (χ2n) is 5.43.